The van der Waals surface area contributed by atoms with E-state index < -0.39 is 0 Å². The fraction of sp³-hybridized carbons (Fsp3) is 0.562. The third kappa shape index (κ3) is 1.92. The molecule has 1 unspecified atom stereocenters. The zero-order chi connectivity index (χ0) is 11.8. The molecule has 2 aliphatic rings. The Morgan fingerprint density at radius 1 is 1.12 bits per heavy atom. The lowest BCUT2D eigenvalue weighted by Crippen LogP contribution is -2.20. The van der Waals surface area contributed by atoms with E-state index in [9.17, 15) is 0 Å². The molecule has 1 aliphatic carbocycles. The number of fused-ring (bicyclic) bond motifs is 2. The fourth-order valence-corrected chi connectivity index (χ4v) is 3.26. The molecule has 0 saturated heterocycles. The first-order chi connectivity index (χ1) is 8.28. The highest BCUT2D eigenvalue weighted by atomic mass is 14.8. The van der Waals surface area contributed by atoms with Gasteiger partial charge in [-0.25, -0.2) is 0 Å². The van der Waals surface area contributed by atoms with Crippen molar-refractivity contribution >= 4 is 5.71 Å². The van der Waals surface area contributed by atoms with Crippen LogP contribution in [-0.4, -0.2) is 11.8 Å². The number of hydrogen-bond donors (Lipinski definition) is 0. The summed E-state index contributed by atoms with van der Waals surface area (Å²) in [4.78, 5) is 4.81. The van der Waals surface area contributed by atoms with Crippen LogP contribution >= 0.6 is 0 Å². The monoisotopic (exact) mass is 227 g/mol. The molecule has 1 heteroatoms. The Hall–Kier alpha value is -1.11. The van der Waals surface area contributed by atoms with Crippen LogP contribution in [0.4, 0.5) is 0 Å². The summed E-state index contributed by atoms with van der Waals surface area (Å²) in [6, 6.07) is 5.39. The van der Waals surface area contributed by atoms with Crippen LogP contribution in [0.1, 0.15) is 55.4 Å². The molecule has 17 heavy (non-hydrogen) atoms. The molecule has 0 N–H and O–H groups in total. The van der Waals surface area contributed by atoms with Gasteiger partial charge in [-0.2, -0.15) is 0 Å². The second-order valence-electron chi connectivity index (χ2n) is 5.47. The summed E-state index contributed by atoms with van der Waals surface area (Å²) < 4.78 is 0. The van der Waals surface area contributed by atoms with E-state index in [1.807, 2.05) is 0 Å². The molecule has 1 atom stereocenters. The molecule has 0 fully saturated rings. The molecule has 3 rings (SSSR count). The molecule has 1 aromatic carbocycles. The summed E-state index contributed by atoms with van der Waals surface area (Å²) in [7, 11) is 0. The summed E-state index contributed by atoms with van der Waals surface area (Å²) in [5, 5.41) is 0. The van der Waals surface area contributed by atoms with E-state index in [-0.39, 0.29) is 0 Å². The first-order valence-corrected chi connectivity index (χ1v) is 6.99. The second-order valence-corrected chi connectivity index (χ2v) is 5.47. The number of aliphatic imine (C=N–C) groups is 1. The molecular weight excluding hydrogens is 206 g/mol. The maximum atomic E-state index is 4.81. The van der Waals surface area contributed by atoms with E-state index in [0.29, 0.717) is 6.04 Å². The number of benzene rings is 1. The van der Waals surface area contributed by atoms with Crippen molar-refractivity contribution in [3.8, 4) is 0 Å². The lowest BCUT2D eigenvalue weighted by atomic mass is 9.84. The maximum Gasteiger partial charge on any atom is 0.0515 e. The van der Waals surface area contributed by atoms with Gasteiger partial charge >= 0.3 is 0 Å². The van der Waals surface area contributed by atoms with Crippen LogP contribution in [0.25, 0.3) is 0 Å². The highest BCUT2D eigenvalue weighted by Crippen LogP contribution is 2.29. The first-order valence-electron chi connectivity index (χ1n) is 6.99. The minimum Gasteiger partial charge on any atom is -0.286 e. The van der Waals surface area contributed by atoms with Crippen LogP contribution in [0.5, 0.6) is 0 Å². The van der Waals surface area contributed by atoms with E-state index >= 15 is 0 Å². The summed E-state index contributed by atoms with van der Waals surface area (Å²) in [6.45, 7) is 4.46. The van der Waals surface area contributed by atoms with Crippen molar-refractivity contribution in [2.24, 2.45) is 4.99 Å². The van der Waals surface area contributed by atoms with Gasteiger partial charge in [0.05, 0.1) is 6.04 Å². The van der Waals surface area contributed by atoms with Crippen LogP contribution < -0.4 is 0 Å². The molecular formula is C16H21N. The predicted octanol–water partition coefficient (Wildman–Crippen LogP) is 3.71. The summed E-state index contributed by atoms with van der Waals surface area (Å²) in [5.41, 5.74) is 7.52. The van der Waals surface area contributed by atoms with Gasteiger partial charge in [0.1, 0.15) is 0 Å². The van der Waals surface area contributed by atoms with E-state index in [0.717, 1.165) is 12.8 Å². The van der Waals surface area contributed by atoms with Gasteiger partial charge in [-0.1, -0.05) is 13.0 Å². The summed E-state index contributed by atoms with van der Waals surface area (Å²) in [5.74, 6) is 0. The van der Waals surface area contributed by atoms with E-state index in [1.54, 1.807) is 16.7 Å². The van der Waals surface area contributed by atoms with E-state index in [2.05, 4.69) is 26.0 Å². The minimum atomic E-state index is 0.471. The summed E-state index contributed by atoms with van der Waals surface area (Å²) >= 11 is 0. The van der Waals surface area contributed by atoms with Gasteiger partial charge in [0.25, 0.3) is 0 Å². The standard InChI is InChI=1S/C16H21N/c1-3-16-15-10-13-7-5-4-6-12(13)9-14(15)8-11(2)17-16/h9-11H,3-8H2,1-2H3. The van der Waals surface area contributed by atoms with Gasteiger partial charge in [0.2, 0.25) is 0 Å². The Labute approximate surface area is 104 Å². The quantitative estimate of drug-likeness (QED) is 0.693. The highest BCUT2D eigenvalue weighted by Gasteiger charge is 2.20. The molecule has 1 aromatic rings. The number of nitrogens with zero attached hydrogens (tertiary/aromatic N) is 1. The van der Waals surface area contributed by atoms with Crippen LogP contribution in [0.2, 0.25) is 0 Å². The maximum absolute atomic E-state index is 4.81. The Kier molecular flexibility index (Phi) is 2.78. The highest BCUT2D eigenvalue weighted by molar-refractivity contribution is 6.02. The van der Waals surface area contributed by atoms with Gasteiger partial charge in [-0.3, -0.25) is 4.99 Å². The normalized spacial score (nSPS) is 22.7. The molecule has 1 heterocycles. The molecule has 1 aliphatic heterocycles. The Bertz CT molecular complexity index is 471. The van der Waals surface area contributed by atoms with Crippen molar-refractivity contribution in [2.45, 2.75) is 58.4 Å². The Morgan fingerprint density at radius 2 is 1.82 bits per heavy atom. The van der Waals surface area contributed by atoms with Crippen LogP contribution in [0.3, 0.4) is 0 Å². The van der Waals surface area contributed by atoms with Gasteiger partial charge in [0, 0.05) is 5.71 Å². The van der Waals surface area contributed by atoms with Crippen LogP contribution in [0.15, 0.2) is 17.1 Å². The second kappa shape index (κ2) is 4.29. The average molecular weight is 227 g/mol. The lowest BCUT2D eigenvalue weighted by Gasteiger charge is -2.25. The number of aryl methyl sites for hydroxylation is 2. The van der Waals surface area contributed by atoms with E-state index in [4.69, 9.17) is 4.99 Å². The average Bonchev–Trinajstić information content (AvgIpc) is 2.35. The topological polar surface area (TPSA) is 12.4 Å². The molecule has 1 nitrogen and oxygen atoms in total. The molecule has 0 spiro atoms. The van der Waals surface area contributed by atoms with Gasteiger partial charge in [0.15, 0.2) is 0 Å². The Morgan fingerprint density at radius 3 is 2.53 bits per heavy atom. The van der Waals surface area contributed by atoms with Crippen molar-refractivity contribution in [1.82, 2.24) is 0 Å². The Balaban J connectivity index is 2.10. The zero-order valence-corrected chi connectivity index (χ0v) is 10.9. The SMILES string of the molecule is CCC1=NC(C)Cc2cc3c(cc21)CCCC3. The molecule has 90 valence electrons. The molecule has 0 saturated carbocycles. The van der Waals surface area contributed by atoms with Gasteiger partial charge in [-0.15, -0.1) is 0 Å². The predicted molar refractivity (Wildman–Crippen MR) is 73.1 cm³/mol. The van der Waals surface area contributed by atoms with Gasteiger partial charge < -0.3 is 0 Å². The number of hydrogen-bond acceptors (Lipinski definition) is 1. The van der Waals surface area contributed by atoms with E-state index in [1.165, 1.54) is 37.0 Å². The van der Waals surface area contributed by atoms with Crippen molar-refractivity contribution in [3.05, 3.63) is 34.4 Å². The fourth-order valence-electron chi connectivity index (χ4n) is 3.26. The molecule has 0 bridgehead atoms. The van der Waals surface area contributed by atoms with Gasteiger partial charge in [-0.05, 0) is 73.8 Å². The minimum absolute atomic E-state index is 0.471. The third-order valence-electron chi connectivity index (χ3n) is 4.11. The third-order valence-corrected chi connectivity index (χ3v) is 4.11. The van der Waals surface area contributed by atoms with Crippen LogP contribution in [-0.2, 0) is 19.3 Å². The van der Waals surface area contributed by atoms with Crippen molar-refractivity contribution in [3.63, 3.8) is 0 Å². The van der Waals surface area contributed by atoms with Crippen molar-refractivity contribution < 1.29 is 0 Å². The van der Waals surface area contributed by atoms with Crippen molar-refractivity contribution in [2.75, 3.05) is 0 Å². The lowest BCUT2D eigenvalue weighted by molar-refractivity contribution is 0.676. The largest absolute Gasteiger partial charge is 0.286 e. The first kappa shape index (κ1) is 11.0. The molecule has 0 radical (unpaired) electrons. The zero-order valence-electron chi connectivity index (χ0n) is 10.9. The summed E-state index contributed by atoms with van der Waals surface area (Å²) in [6.07, 6.45) is 7.49. The van der Waals surface area contributed by atoms with Crippen molar-refractivity contribution in [1.29, 1.82) is 0 Å². The molecule has 0 aromatic heterocycles. The number of rotatable bonds is 1. The molecule has 0 amide bonds. The smallest absolute Gasteiger partial charge is 0.0515 e. The van der Waals surface area contributed by atoms with Crippen LogP contribution in [0, 0.1) is 0 Å².